The van der Waals surface area contributed by atoms with Crippen molar-refractivity contribution >= 4 is 33.5 Å². The Morgan fingerprint density at radius 3 is 2.44 bits per heavy atom. The predicted octanol–water partition coefficient (Wildman–Crippen LogP) is 1.61. The van der Waals surface area contributed by atoms with Crippen molar-refractivity contribution < 1.29 is 4.79 Å². The molecule has 0 aliphatic rings. The third-order valence-electron chi connectivity index (χ3n) is 2.20. The maximum absolute atomic E-state index is 11.8. The van der Waals surface area contributed by atoms with Crippen LogP contribution in [0.1, 0.15) is 20.8 Å². The van der Waals surface area contributed by atoms with Gasteiger partial charge in [-0.1, -0.05) is 0 Å². The lowest BCUT2D eigenvalue weighted by molar-refractivity contribution is -0.122. The number of carbonyl (C=O) groups excluding carboxylic acids is 1. The molecule has 0 saturated heterocycles. The maximum atomic E-state index is 11.8. The molecular weight excluding hydrogens is 298 g/mol. The molecule has 6 nitrogen and oxygen atoms in total. The van der Waals surface area contributed by atoms with Crippen LogP contribution in [0.5, 0.6) is 0 Å². The van der Waals surface area contributed by atoms with Crippen molar-refractivity contribution in [1.29, 1.82) is 0 Å². The molecule has 7 heteroatoms. The summed E-state index contributed by atoms with van der Waals surface area (Å²) in [5.74, 6) is 1.19. The summed E-state index contributed by atoms with van der Waals surface area (Å²) < 4.78 is 0.705. The summed E-state index contributed by atoms with van der Waals surface area (Å²) in [6, 6.07) is -0.258. The van der Waals surface area contributed by atoms with Crippen LogP contribution in [0.2, 0.25) is 0 Å². The van der Waals surface area contributed by atoms with Crippen molar-refractivity contribution in [3.8, 4) is 0 Å². The molecule has 3 N–H and O–H groups in total. The van der Waals surface area contributed by atoms with Gasteiger partial charge in [-0.25, -0.2) is 9.97 Å². The van der Waals surface area contributed by atoms with Crippen LogP contribution < -0.4 is 16.0 Å². The lowest BCUT2D eigenvalue weighted by Gasteiger charge is -2.17. The van der Waals surface area contributed by atoms with Crippen molar-refractivity contribution in [2.24, 2.45) is 0 Å². The lowest BCUT2D eigenvalue weighted by atomic mass is 10.3. The summed E-state index contributed by atoms with van der Waals surface area (Å²) in [5, 5.41) is 8.81. The molecular formula is C11H18BrN5O. The summed E-state index contributed by atoms with van der Waals surface area (Å²) in [7, 11) is 1.77. The normalized spacial score (nSPS) is 12.1. The molecule has 1 aromatic rings. The third-order valence-corrected chi connectivity index (χ3v) is 2.95. The number of anilines is 2. The average Bonchev–Trinajstić information content (AvgIpc) is 2.30. The highest BCUT2D eigenvalue weighted by atomic mass is 79.9. The maximum Gasteiger partial charge on any atom is 0.242 e. The number of aromatic nitrogens is 2. The molecule has 1 unspecified atom stereocenters. The second-order valence-corrected chi connectivity index (χ2v) is 4.96. The summed E-state index contributed by atoms with van der Waals surface area (Å²) in [5.41, 5.74) is 0. The number of carbonyl (C=O) groups is 1. The fraction of sp³-hybridized carbons (Fsp3) is 0.545. The van der Waals surface area contributed by atoms with E-state index >= 15 is 0 Å². The molecule has 0 aromatic carbocycles. The highest BCUT2D eigenvalue weighted by molar-refractivity contribution is 9.10. The molecule has 1 heterocycles. The minimum absolute atomic E-state index is 0.0680. The van der Waals surface area contributed by atoms with Gasteiger partial charge in [-0.3, -0.25) is 4.79 Å². The fourth-order valence-corrected chi connectivity index (χ4v) is 1.84. The minimum Gasteiger partial charge on any atom is -0.372 e. The Morgan fingerprint density at radius 1 is 1.28 bits per heavy atom. The van der Waals surface area contributed by atoms with Gasteiger partial charge < -0.3 is 16.0 Å². The van der Waals surface area contributed by atoms with Gasteiger partial charge in [-0.2, -0.15) is 0 Å². The number of nitrogens with zero attached hydrogens (tertiary/aromatic N) is 2. The van der Waals surface area contributed by atoms with Gasteiger partial charge in [-0.15, -0.1) is 0 Å². The first-order valence-electron chi connectivity index (χ1n) is 5.70. The van der Waals surface area contributed by atoms with Gasteiger partial charge >= 0.3 is 0 Å². The van der Waals surface area contributed by atoms with Crippen LogP contribution in [-0.2, 0) is 4.79 Å². The van der Waals surface area contributed by atoms with Gasteiger partial charge in [0.25, 0.3) is 0 Å². The van der Waals surface area contributed by atoms with E-state index < -0.39 is 0 Å². The molecule has 0 aliphatic carbocycles. The van der Waals surface area contributed by atoms with E-state index in [0.717, 1.165) is 0 Å². The summed E-state index contributed by atoms with van der Waals surface area (Å²) in [6.07, 6.45) is 1.44. The predicted molar refractivity (Wildman–Crippen MR) is 75.6 cm³/mol. The zero-order chi connectivity index (χ0) is 13.7. The van der Waals surface area contributed by atoms with Crippen LogP contribution in [-0.4, -0.2) is 35.0 Å². The number of hydrogen-bond donors (Lipinski definition) is 3. The number of amides is 1. The molecule has 1 aromatic heterocycles. The lowest BCUT2D eigenvalue weighted by Crippen LogP contribution is -2.41. The Bertz CT molecular complexity index is 424. The van der Waals surface area contributed by atoms with E-state index in [9.17, 15) is 4.79 Å². The average molecular weight is 316 g/mol. The summed E-state index contributed by atoms with van der Waals surface area (Å²) in [4.78, 5) is 19.9. The molecule has 0 radical (unpaired) electrons. The van der Waals surface area contributed by atoms with Crippen molar-refractivity contribution in [3.63, 3.8) is 0 Å². The van der Waals surface area contributed by atoms with E-state index in [2.05, 4.69) is 41.8 Å². The SMILES string of the molecule is CNc1ncnc(NC(C)C(=O)NC(C)C)c1Br. The van der Waals surface area contributed by atoms with E-state index in [0.29, 0.717) is 16.1 Å². The van der Waals surface area contributed by atoms with Crippen molar-refractivity contribution in [1.82, 2.24) is 15.3 Å². The zero-order valence-electron chi connectivity index (χ0n) is 10.9. The smallest absolute Gasteiger partial charge is 0.242 e. The largest absolute Gasteiger partial charge is 0.372 e. The second kappa shape index (κ2) is 6.53. The van der Waals surface area contributed by atoms with Gasteiger partial charge in [0.2, 0.25) is 5.91 Å². The molecule has 1 atom stereocenters. The van der Waals surface area contributed by atoms with E-state index in [1.54, 1.807) is 14.0 Å². The van der Waals surface area contributed by atoms with Gasteiger partial charge in [0, 0.05) is 13.1 Å². The van der Waals surface area contributed by atoms with Crippen LogP contribution in [0.4, 0.5) is 11.6 Å². The Kier molecular flexibility index (Phi) is 5.33. The Labute approximate surface area is 115 Å². The number of hydrogen-bond acceptors (Lipinski definition) is 5. The third kappa shape index (κ3) is 3.83. The number of rotatable bonds is 5. The van der Waals surface area contributed by atoms with Gasteiger partial charge in [0.05, 0.1) is 0 Å². The van der Waals surface area contributed by atoms with Crippen molar-refractivity contribution in [3.05, 3.63) is 10.8 Å². The second-order valence-electron chi connectivity index (χ2n) is 4.16. The number of nitrogens with one attached hydrogen (secondary N) is 3. The molecule has 0 bridgehead atoms. The molecule has 0 spiro atoms. The summed E-state index contributed by atoms with van der Waals surface area (Å²) in [6.45, 7) is 5.62. The molecule has 100 valence electrons. The molecule has 1 amide bonds. The zero-order valence-corrected chi connectivity index (χ0v) is 12.5. The molecule has 18 heavy (non-hydrogen) atoms. The van der Waals surface area contributed by atoms with Crippen LogP contribution in [0.25, 0.3) is 0 Å². The van der Waals surface area contributed by atoms with Gasteiger partial charge in [-0.05, 0) is 36.7 Å². The highest BCUT2D eigenvalue weighted by Gasteiger charge is 2.16. The Morgan fingerprint density at radius 2 is 1.89 bits per heavy atom. The minimum atomic E-state index is -0.372. The quantitative estimate of drug-likeness (QED) is 0.769. The first-order chi connectivity index (χ1) is 8.45. The monoisotopic (exact) mass is 315 g/mol. The van der Waals surface area contributed by atoms with Crippen molar-refractivity contribution in [2.45, 2.75) is 32.9 Å². The van der Waals surface area contributed by atoms with E-state index in [1.807, 2.05) is 13.8 Å². The molecule has 0 saturated carbocycles. The van der Waals surface area contributed by atoms with Crippen LogP contribution >= 0.6 is 15.9 Å². The van der Waals surface area contributed by atoms with Crippen molar-refractivity contribution in [2.75, 3.05) is 17.7 Å². The number of halogens is 1. The first-order valence-corrected chi connectivity index (χ1v) is 6.50. The first kappa shape index (κ1) is 14.7. The Balaban J connectivity index is 2.75. The molecule has 0 aliphatic heterocycles. The van der Waals surface area contributed by atoms with Crippen LogP contribution in [0.15, 0.2) is 10.8 Å². The van der Waals surface area contributed by atoms with E-state index in [1.165, 1.54) is 6.33 Å². The van der Waals surface area contributed by atoms with E-state index in [4.69, 9.17) is 0 Å². The molecule has 1 rings (SSSR count). The Hall–Kier alpha value is -1.37. The standard InChI is InChI=1S/C11H18BrN5O/c1-6(2)16-11(18)7(3)17-10-8(12)9(13-4)14-5-15-10/h5-7H,1-4H3,(H,16,18)(H2,13,14,15,17). The molecule has 0 fully saturated rings. The van der Waals surface area contributed by atoms with Gasteiger partial charge in [0.1, 0.15) is 28.5 Å². The van der Waals surface area contributed by atoms with Gasteiger partial charge in [0.15, 0.2) is 0 Å². The van der Waals surface area contributed by atoms with E-state index in [-0.39, 0.29) is 18.0 Å². The fourth-order valence-electron chi connectivity index (χ4n) is 1.32. The topological polar surface area (TPSA) is 78.9 Å². The summed E-state index contributed by atoms with van der Waals surface area (Å²) >= 11 is 3.39. The van der Waals surface area contributed by atoms with Crippen LogP contribution in [0.3, 0.4) is 0 Å². The highest BCUT2D eigenvalue weighted by Crippen LogP contribution is 2.26. The van der Waals surface area contributed by atoms with Crippen LogP contribution in [0, 0.1) is 0 Å².